The van der Waals surface area contributed by atoms with Gasteiger partial charge >= 0.3 is 18.2 Å². The number of carbonyl (C=O) groups excluding carboxylic acids is 8. The van der Waals surface area contributed by atoms with Crippen LogP contribution in [0.5, 0.6) is 28.7 Å². The summed E-state index contributed by atoms with van der Waals surface area (Å²) in [5, 5.41) is 22.6. The molecule has 0 aliphatic heterocycles. The van der Waals surface area contributed by atoms with Crippen molar-refractivity contribution in [2.45, 2.75) is 147 Å². The van der Waals surface area contributed by atoms with E-state index < -0.39 is 64.9 Å². The number of unbranched alkanes of at least 4 members (excludes halogenated alkanes) is 1. The minimum Gasteiger partial charge on any atom is -0.493 e. The zero-order valence-electron chi connectivity index (χ0n) is 68.1. The Morgan fingerprint density at radius 1 is 0.357 bits per heavy atom. The summed E-state index contributed by atoms with van der Waals surface area (Å²) in [5.74, 6) is -2.24. The fraction of sp³-hybridized carbons (Fsp3) is 0.391. The van der Waals surface area contributed by atoms with Gasteiger partial charge in [-0.05, 0) is 151 Å². The van der Waals surface area contributed by atoms with Gasteiger partial charge in [-0.2, -0.15) is 0 Å². The molecule has 0 fully saturated rings. The number of alkyl carbamates (subject to hydrolysis) is 2. The number of esters is 1. The Morgan fingerprint density at radius 2 is 0.626 bits per heavy atom. The van der Waals surface area contributed by atoms with Gasteiger partial charge in [-0.25, -0.2) is 39.3 Å². The van der Waals surface area contributed by atoms with Crippen molar-refractivity contribution < 1.29 is 76.3 Å². The number of para-hydroxylation sites is 5. The van der Waals surface area contributed by atoms with Crippen LogP contribution in [-0.4, -0.2) is 137 Å². The van der Waals surface area contributed by atoms with Crippen LogP contribution in [0.4, 0.5) is 38.0 Å². The maximum Gasteiger partial charge on any atom is 0.408 e. The van der Waals surface area contributed by atoms with Crippen molar-refractivity contribution in [3.63, 3.8) is 0 Å². The summed E-state index contributed by atoms with van der Waals surface area (Å²) in [6.45, 7) is 31.7. The molecule has 0 saturated carbocycles. The average Bonchev–Trinajstić information content (AvgIpc) is 0.780. The molecule has 5 aromatic heterocycles. The number of ether oxygens (including phenoxy) is 8. The van der Waals surface area contributed by atoms with Gasteiger partial charge in [0.15, 0.2) is 5.69 Å². The van der Waals surface area contributed by atoms with Gasteiger partial charge in [-0.3, -0.25) is 24.0 Å². The van der Waals surface area contributed by atoms with Crippen molar-refractivity contribution in [2.24, 2.45) is 29.6 Å². The molecular formula is C87H102N12O16. The number of anilines is 5. The summed E-state index contributed by atoms with van der Waals surface area (Å²) in [7, 11) is 1.25. The second-order valence-corrected chi connectivity index (χ2v) is 32.0. The molecule has 5 aromatic carbocycles. The lowest BCUT2D eigenvalue weighted by atomic mass is 10.1. The number of hydrogen-bond donors (Lipinski definition) is 7. The van der Waals surface area contributed by atoms with Crippen LogP contribution in [0.15, 0.2) is 121 Å². The van der Waals surface area contributed by atoms with Crippen LogP contribution in [0.1, 0.15) is 182 Å². The van der Waals surface area contributed by atoms with Gasteiger partial charge in [-0.1, -0.05) is 99.6 Å². The molecule has 0 radical (unpaired) electrons. The molecule has 0 aliphatic rings. The van der Waals surface area contributed by atoms with Gasteiger partial charge in [0.2, 0.25) is 5.91 Å². The van der Waals surface area contributed by atoms with Gasteiger partial charge < -0.3 is 75.1 Å². The predicted octanol–water partition coefficient (Wildman–Crippen LogP) is 16.9. The van der Waals surface area contributed by atoms with E-state index in [1.807, 2.05) is 69.2 Å². The number of carbonyl (C=O) groups is 8. The maximum atomic E-state index is 15.1. The van der Waals surface area contributed by atoms with Gasteiger partial charge in [-0.15, -0.1) is 0 Å². The van der Waals surface area contributed by atoms with E-state index in [0.717, 1.165) is 0 Å². The third-order valence-electron chi connectivity index (χ3n) is 17.0. The maximum absolute atomic E-state index is 15.1. The van der Waals surface area contributed by atoms with E-state index in [2.05, 4.69) is 42.2 Å². The lowest BCUT2D eigenvalue weighted by molar-refractivity contribution is -0.118. The average molecular weight is 1570 g/mol. The smallest absolute Gasteiger partial charge is 0.408 e. The Kier molecular flexibility index (Phi) is 27.7. The summed E-state index contributed by atoms with van der Waals surface area (Å²) in [5.41, 5.74) is -0.0890. The molecule has 115 heavy (non-hydrogen) atoms. The predicted molar refractivity (Wildman–Crippen MR) is 443 cm³/mol. The fourth-order valence-corrected chi connectivity index (χ4v) is 11.8. The van der Waals surface area contributed by atoms with Gasteiger partial charge in [0.25, 0.3) is 23.6 Å². The highest BCUT2D eigenvalue weighted by Gasteiger charge is 2.29. The number of methoxy groups -OCH3 is 1. The van der Waals surface area contributed by atoms with E-state index in [1.165, 1.54) is 37.4 Å². The largest absolute Gasteiger partial charge is 0.493 e. The number of pyridine rings is 5. The van der Waals surface area contributed by atoms with E-state index >= 15 is 9.59 Å². The van der Waals surface area contributed by atoms with Crippen molar-refractivity contribution in [1.82, 2.24) is 35.6 Å². The second-order valence-electron chi connectivity index (χ2n) is 32.0. The van der Waals surface area contributed by atoms with Crippen molar-refractivity contribution in [3.05, 3.63) is 150 Å². The van der Waals surface area contributed by atoms with Crippen LogP contribution in [0.3, 0.4) is 0 Å². The third-order valence-corrected chi connectivity index (χ3v) is 17.0. The van der Waals surface area contributed by atoms with E-state index in [1.54, 1.807) is 133 Å². The van der Waals surface area contributed by atoms with E-state index in [4.69, 9.17) is 57.8 Å². The number of benzene rings is 5. The lowest BCUT2D eigenvalue weighted by Crippen LogP contribution is -2.45. The minimum atomic E-state index is -1.12. The first-order valence-corrected chi connectivity index (χ1v) is 38.5. The number of hydrogen-bond acceptors (Lipinski definition) is 21. The Morgan fingerprint density at radius 3 is 0.904 bits per heavy atom. The van der Waals surface area contributed by atoms with Crippen molar-refractivity contribution >= 4 is 131 Å². The van der Waals surface area contributed by atoms with Crippen LogP contribution < -0.4 is 60.9 Å². The van der Waals surface area contributed by atoms with Gasteiger partial charge in [0, 0.05) is 63.8 Å². The summed E-state index contributed by atoms with van der Waals surface area (Å²) in [6, 6.07) is 31.9. The van der Waals surface area contributed by atoms with Crippen LogP contribution in [0.25, 0.3) is 54.5 Å². The molecule has 1 atom stereocenters. The van der Waals surface area contributed by atoms with Crippen molar-refractivity contribution in [1.29, 1.82) is 0 Å². The second kappa shape index (κ2) is 37.4. The Hall–Kier alpha value is -12.5. The van der Waals surface area contributed by atoms with Crippen LogP contribution >= 0.6 is 0 Å². The lowest BCUT2D eigenvalue weighted by Gasteiger charge is -2.23. The first-order valence-electron chi connectivity index (χ1n) is 38.5. The third kappa shape index (κ3) is 22.7. The summed E-state index contributed by atoms with van der Waals surface area (Å²) >= 11 is 0. The number of fused-ring (bicyclic) bond motifs is 5. The van der Waals surface area contributed by atoms with E-state index in [9.17, 15) is 28.8 Å². The number of amides is 7. The van der Waals surface area contributed by atoms with Crippen LogP contribution in [-0.2, 0) is 19.0 Å². The summed E-state index contributed by atoms with van der Waals surface area (Å²) < 4.78 is 47.7. The SMILES string of the molecule is COC(=O)c1cc(OCC(C)C)c2cccc(NC(=O)c3cc(OCC(C)C)c4cccc(NC(=O)c5cc(OCC(C)C)c6cccc(NC(=O)c7cc(OCC(C)C)c8cccc(NC(=O)c9cc(OCC(C)C)c%10cccc(NC(=O)[C@H](CCCCNC(=O)OC(C)(C)C)NC(=O)OC(C)(C)C)c%10n9)c8n7)c6n5)c4n3)c2n1. The molecule has 10 aromatic rings. The van der Waals surface area contributed by atoms with Crippen molar-refractivity contribution in [3.8, 4) is 28.7 Å². The highest BCUT2D eigenvalue weighted by molar-refractivity contribution is 6.16. The highest BCUT2D eigenvalue weighted by Crippen LogP contribution is 2.39. The van der Waals surface area contributed by atoms with Crippen LogP contribution in [0, 0.1) is 29.6 Å². The minimum absolute atomic E-state index is 0.0305. The first-order chi connectivity index (χ1) is 54.6. The monoisotopic (exact) mass is 1570 g/mol. The van der Waals surface area contributed by atoms with Crippen LogP contribution in [0.2, 0.25) is 0 Å². The standard InChI is InChI=1S/C87H102N12O16/c1-47(2)42-109-68-37-63(89-73-52(68)25-20-31-57(73)94-78(100)62(99-85(107)115-87(14,15)16)30-18-19-36-88-84(106)114-86(11,12)13)79(101)95-58-32-21-26-53-69(110-43-48(3)4)38-64(90-74(53)58)80(102)96-59-33-22-27-54-70(111-44-49(5)6)39-65(91-75(54)59)81(103)97-60-34-23-28-55-71(112-45-50(7)8)40-66(92-76(55)60)82(104)98-61-35-24-29-56-72(113-46-51(9)10)41-67(83(105)108-17)93-77(56)61/h20-29,31-35,37-41,47-51,62H,18-19,30,36,42-46H2,1-17H3,(H,88,106)(H,94,100)(H,95,101)(H,96,102)(H,97,103)(H,98,104)(H,99,107)/t62-/m0/s1. The number of nitrogens with one attached hydrogen (secondary N) is 7. The van der Waals surface area contributed by atoms with E-state index in [0.29, 0.717) is 57.9 Å². The molecule has 606 valence electrons. The van der Waals surface area contributed by atoms with Crippen molar-refractivity contribution in [2.75, 3.05) is 73.3 Å². The quantitative estimate of drug-likeness (QED) is 0.0117. The normalized spacial score (nSPS) is 11.9. The summed E-state index contributed by atoms with van der Waals surface area (Å²) in [4.78, 5) is 137. The first kappa shape index (κ1) is 84.9. The molecule has 0 aliphatic carbocycles. The topological polar surface area (TPSA) is 359 Å². The number of rotatable bonds is 32. The molecule has 0 saturated heterocycles. The highest BCUT2D eigenvalue weighted by atomic mass is 16.6. The van der Waals surface area contributed by atoms with Gasteiger partial charge in [0.05, 0.1) is 96.2 Å². The molecule has 10 rings (SSSR count). The molecule has 28 nitrogen and oxygen atoms in total. The molecule has 7 amide bonds. The molecule has 28 heteroatoms. The summed E-state index contributed by atoms with van der Waals surface area (Å²) in [6.07, 6.45) is -0.422. The number of aromatic nitrogens is 5. The van der Waals surface area contributed by atoms with Gasteiger partial charge in [0.1, 0.15) is 68.8 Å². The molecule has 5 heterocycles. The van der Waals surface area contributed by atoms with E-state index in [-0.39, 0.29) is 171 Å². The molecule has 0 unspecified atom stereocenters. The molecule has 0 bridgehead atoms. The zero-order valence-corrected chi connectivity index (χ0v) is 68.1. The molecule has 0 spiro atoms. The Bertz CT molecular complexity index is 5300. The number of nitrogens with zero attached hydrogens (tertiary/aromatic N) is 5. The Labute approximate surface area is 668 Å². The fourth-order valence-electron chi connectivity index (χ4n) is 11.8. The molecule has 7 N–H and O–H groups in total. The zero-order chi connectivity index (χ0) is 83.2. The Balaban J connectivity index is 0.967. The molecular weight excluding hydrogens is 1470 g/mol.